The molecule has 1 aromatic rings. The zero-order valence-electron chi connectivity index (χ0n) is 8.78. The van der Waals surface area contributed by atoms with Crippen molar-refractivity contribution >= 4 is 20.1 Å². The molecule has 96 valence electrons. The number of rotatable bonds is 3. The van der Waals surface area contributed by atoms with Gasteiger partial charge in [-0.25, -0.2) is 13.6 Å². The Labute approximate surface area is 98.7 Å². The van der Waals surface area contributed by atoms with Crippen molar-refractivity contribution in [1.82, 2.24) is 0 Å². The molecule has 17 heavy (non-hydrogen) atoms. The lowest BCUT2D eigenvalue weighted by Gasteiger charge is -2.10. The summed E-state index contributed by atoms with van der Waals surface area (Å²) in [5, 5.41) is 13.9. The molecule has 0 heterocycles. The van der Waals surface area contributed by atoms with Crippen LogP contribution in [0.1, 0.15) is 11.1 Å². The number of primary sulfonamides is 1. The quantitative estimate of drug-likeness (QED) is 0.632. The summed E-state index contributed by atoms with van der Waals surface area (Å²) in [5.41, 5.74) is 0.131. The van der Waals surface area contributed by atoms with E-state index in [1.54, 1.807) is 0 Å². The summed E-state index contributed by atoms with van der Waals surface area (Å²) in [6.07, 6.45) is 0. The average molecular weight is 281 g/mol. The number of aliphatic hydroxyl groups is 1. The maximum Gasteiger partial charge on any atom is 0.294 e. The molecule has 0 atom stereocenters. The second-order valence-corrected chi connectivity index (χ2v) is 6.35. The van der Waals surface area contributed by atoms with E-state index >= 15 is 0 Å². The normalized spacial score (nSPS) is 12.7. The largest absolute Gasteiger partial charge is 0.392 e. The van der Waals surface area contributed by atoms with Crippen molar-refractivity contribution in [2.45, 2.75) is 23.3 Å². The molecule has 0 bridgehead atoms. The highest BCUT2D eigenvalue weighted by molar-refractivity contribution is 7.89. The first-order chi connectivity index (χ1) is 7.57. The fraction of sp³-hybridized carbons (Fsp3) is 0.250. The molecule has 0 aliphatic heterocycles. The molecule has 0 amide bonds. The summed E-state index contributed by atoms with van der Waals surface area (Å²) in [7, 11) is -8.72. The van der Waals surface area contributed by atoms with Gasteiger partial charge in [0.2, 0.25) is 10.0 Å². The minimum atomic E-state index is -4.63. The molecule has 1 aromatic carbocycles. The molecule has 0 radical (unpaired) electrons. The lowest BCUT2D eigenvalue weighted by atomic mass is 10.1. The highest BCUT2D eigenvalue weighted by atomic mass is 32.2. The molecule has 4 N–H and O–H groups in total. The van der Waals surface area contributed by atoms with E-state index in [0.717, 1.165) is 6.07 Å². The highest BCUT2D eigenvalue weighted by Gasteiger charge is 2.21. The van der Waals surface area contributed by atoms with Gasteiger partial charge in [-0.1, -0.05) is 0 Å². The molecule has 9 heteroatoms. The number of aliphatic hydroxyl groups excluding tert-OH is 1. The van der Waals surface area contributed by atoms with E-state index in [1.165, 1.54) is 6.92 Å². The SMILES string of the molecule is Cc1cc(S(N)(=O)=O)cc(S(=O)(=O)O)c1CO. The third-order valence-corrected chi connectivity index (χ3v) is 3.98. The topological polar surface area (TPSA) is 135 Å². The van der Waals surface area contributed by atoms with Crippen LogP contribution >= 0.6 is 0 Å². The maximum atomic E-state index is 11.1. The Morgan fingerprint density at radius 1 is 1.24 bits per heavy atom. The zero-order valence-corrected chi connectivity index (χ0v) is 10.4. The van der Waals surface area contributed by atoms with Gasteiger partial charge in [-0.15, -0.1) is 0 Å². The van der Waals surface area contributed by atoms with Gasteiger partial charge < -0.3 is 5.11 Å². The molecule has 0 aromatic heterocycles. The van der Waals surface area contributed by atoms with E-state index in [-0.39, 0.29) is 11.1 Å². The van der Waals surface area contributed by atoms with Gasteiger partial charge in [0.05, 0.1) is 11.5 Å². The van der Waals surface area contributed by atoms with Gasteiger partial charge in [0, 0.05) is 5.56 Å². The Kier molecular flexibility index (Phi) is 3.60. The van der Waals surface area contributed by atoms with Crippen molar-refractivity contribution in [1.29, 1.82) is 0 Å². The van der Waals surface area contributed by atoms with Crippen LogP contribution in [0.15, 0.2) is 21.9 Å². The van der Waals surface area contributed by atoms with E-state index in [1.807, 2.05) is 0 Å². The van der Waals surface area contributed by atoms with Gasteiger partial charge in [-0.05, 0) is 24.6 Å². The summed E-state index contributed by atoms with van der Waals surface area (Å²) in [6.45, 7) is 0.751. The fourth-order valence-electron chi connectivity index (χ4n) is 1.35. The smallest absolute Gasteiger partial charge is 0.294 e. The summed E-state index contributed by atoms with van der Waals surface area (Å²) in [4.78, 5) is -1.11. The van der Waals surface area contributed by atoms with Crippen molar-refractivity contribution in [3.63, 3.8) is 0 Å². The summed E-state index contributed by atoms with van der Waals surface area (Å²) in [6, 6.07) is 1.83. The maximum absolute atomic E-state index is 11.1. The standard InChI is InChI=1S/C8H11NO6S2/c1-5-2-6(16(9,11)12)3-8(7(5)4-10)17(13,14)15/h2-3,10H,4H2,1H3,(H2,9,11,12)(H,13,14,15). The molecule has 0 unspecified atom stereocenters. The van der Waals surface area contributed by atoms with Crippen LogP contribution < -0.4 is 5.14 Å². The van der Waals surface area contributed by atoms with E-state index in [2.05, 4.69) is 0 Å². The summed E-state index contributed by atoms with van der Waals surface area (Å²) >= 11 is 0. The molecule has 0 saturated heterocycles. The minimum absolute atomic E-state index is 0.0695. The van der Waals surface area contributed by atoms with Crippen molar-refractivity contribution in [3.8, 4) is 0 Å². The van der Waals surface area contributed by atoms with Crippen LogP contribution in [0.4, 0.5) is 0 Å². The molecular weight excluding hydrogens is 270 g/mol. The third kappa shape index (κ3) is 3.01. The molecule has 0 spiro atoms. The van der Waals surface area contributed by atoms with Gasteiger partial charge in [0.25, 0.3) is 10.1 Å². The van der Waals surface area contributed by atoms with E-state index in [4.69, 9.17) is 14.8 Å². The number of sulfonamides is 1. The molecule has 0 fully saturated rings. The zero-order chi connectivity index (χ0) is 13.4. The molecular formula is C8H11NO6S2. The lowest BCUT2D eigenvalue weighted by molar-refractivity contribution is 0.277. The number of aryl methyl sites for hydroxylation is 1. The highest BCUT2D eigenvalue weighted by Crippen LogP contribution is 2.23. The van der Waals surface area contributed by atoms with Crippen molar-refractivity contribution in [3.05, 3.63) is 23.3 Å². The number of hydrogen-bond acceptors (Lipinski definition) is 5. The third-order valence-electron chi connectivity index (χ3n) is 2.17. The van der Waals surface area contributed by atoms with Crippen molar-refractivity contribution in [2.75, 3.05) is 0 Å². The Balaban J connectivity index is 3.75. The Bertz CT molecular complexity index is 647. The van der Waals surface area contributed by atoms with Gasteiger partial charge in [0.15, 0.2) is 0 Å². The van der Waals surface area contributed by atoms with E-state index in [0.29, 0.717) is 6.07 Å². The predicted octanol–water partition coefficient (Wildman–Crippen LogP) is -0.619. The predicted molar refractivity (Wildman–Crippen MR) is 58.3 cm³/mol. The van der Waals surface area contributed by atoms with E-state index in [9.17, 15) is 16.8 Å². The monoisotopic (exact) mass is 281 g/mol. The van der Waals surface area contributed by atoms with Crippen LogP contribution in [0.5, 0.6) is 0 Å². The van der Waals surface area contributed by atoms with Gasteiger partial charge in [0.1, 0.15) is 4.90 Å². The summed E-state index contributed by atoms with van der Waals surface area (Å²) in [5.74, 6) is 0. The first-order valence-corrected chi connectivity index (χ1v) is 7.30. The van der Waals surface area contributed by atoms with Crippen LogP contribution in [0, 0.1) is 6.92 Å². The van der Waals surface area contributed by atoms with Crippen LogP contribution in [0.3, 0.4) is 0 Å². The van der Waals surface area contributed by atoms with Gasteiger partial charge in [-0.2, -0.15) is 8.42 Å². The first-order valence-electron chi connectivity index (χ1n) is 4.32. The van der Waals surface area contributed by atoms with Gasteiger partial charge >= 0.3 is 0 Å². The Morgan fingerprint density at radius 3 is 2.12 bits per heavy atom. The Hall–Kier alpha value is -1.00. The van der Waals surface area contributed by atoms with Gasteiger partial charge in [-0.3, -0.25) is 4.55 Å². The van der Waals surface area contributed by atoms with Crippen molar-refractivity contribution in [2.24, 2.45) is 5.14 Å². The van der Waals surface area contributed by atoms with Crippen LogP contribution in [-0.4, -0.2) is 26.5 Å². The second kappa shape index (κ2) is 4.35. The molecule has 7 nitrogen and oxygen atoms in total. The number of hydrogen-bond donors (Lipinski definition) is 3. The van der Waals surface area contributed by atoms with Crippen LogP contribution in [-0.2, 0) is 26.7 Å². The lowest BCUT2D eigenvalue weighted by Crippen LogP contribution is -2.15. The second-order valence-electron chi connectivity index (χ2n) is 3.40. The molecule has 0 aliphatic carbocycles. The molecule has 0 aliphatic rings. The summed E-state index contributed by atoms with van der Waals surface area (Å²) < 4.78 is 53.3. The Morgan fingerprint density at radius 2 is 1.76 bits per heavy atom. The molecule has 0 saturated carbocycles. The number of benzene rings is 1. The fourth-order valence-corrected chi connectivity index (χ4v) is 2.86. The molecule has 1 rings (SSSR count). The first kappa shape index (κ1) is 14.1. The number of nitrogens with two attached hydrogens (primary N) is 1. The van der Waals surface area contributed by atoms with Crippen LogP contribution in [0.2, 0.25) is 0 Å². The van der Waals surface area contributed by atoms with Crippen molar-refractivity contribution < 1.29 is 26.5 Å². The average Bonchev–Trinajstić information content (AvgIpc) is 2.13. The van der Waals surface area contributed by atoms with Crippen LogP contribution in [0.25, 0.3) is 0 Å². The minimum Gasteiger partial charge on any atom is -0.392 e. The van der Waals surface area contributed by atoms with E-state index < -0.39 is 36.5 Å².